The number of carbonyl (C=O) groups excluding carboxylic acids is 1. The van der Waals surface area contributed by atoms with Crippen molar-refractivity contribution >= 4 is 37.9 Å². The second-order valence-corrected chi connectivity index (χ2v) is 12.6. The number of benzene rings is 1. The molecule has 242 valence electrons. The van der Waals surface area contributed by atoms with Gasteiger partial charge in [0.15, 0.2) is 5.69 Å². The number of aryl methyl sites for hydroxylation is 1. The molecule has 15 heteroatoms. The minimum Gasteiger partial charge on any atom is -0.477 e. The summed E-state index contributed by atoms with van der Waals surface area (Å²) >= 11 is 0. The first-order valence-corrected chi connectivity index (χ1v) is 16.7. The first kappa shape index (κ1) is 39.5. The summed E-state index contributed by atoms with van der Waals surface area (Å²) in [5.41, 5.74) is 6.53. The van der Waals surface area contributed by atoms with Crippen LogP contribution in [-0.2, 0) is 20.1 Å². The molecule has 2 aromatic heterocycles. The van der Waals surface area contributed by atoms with Gasteiger partial charge in [-0.05, 0) is 74.7 Å². The van der Waals surface area contributed by atoms with Crippen molar-refractivity contribution in [2.75, 3.05) is 33.7 Å². The van der Waals surface area contributed by atoms with Crippen molar-refractivity contribution in [2.24, 2.45) is 16.0 Å². The SMILES string of the molecule is C=S(N)(=O)n1ccc(C)c1.CCC.CCN.CNCCCN(C)C(=O)c1ccc(-c2ccn(S(N)(=O)=O)c2C(=O)O)cc1. The van der Waals surface area contributed by atoms with Crippen molar-refractivity contribution in [2.45, 2.75) is 40.5 Å². The van der Waals surface area contributed by atoms with E-state index in [9.17, 15) is 27.3 Å². The second kappa shape index (κ2) is 18.9. The normalized spacial score (nSPS) is 11.8. The average Bonchev–Trinajstić information content (AvgIpc) is 3.57. The number of nitrogens with two attached hydrogens (primary N) is 3. The molecule has 1 atom stereocenters. The summed E-state index contributed by atoms with van der Waals surface area (Å²) in [6.45, 7) is 10.2. The number of hydrogen-bond acceptors (Lipinski definition) is 7. The largest absolute Gasteiger partial charge is 0.477 e. The number of carbonyl (C=O) groups is 2. The van der Waals surface area contributed by atoms with Crippen LogP contribution in [0.25, 0.3) is 11.1 Å². The van der Waals surface area contributed by atoms with Crippen LogP contribution < -0.4 is 21.3 Å². The molecule has 1 unspecified atom stereocenters. The highest BCUT2D eigenvalue weighted by Gasteiger charge is 2.23. The van der Waals surface area contributed by atoms with Gasteiger partial charge in [-0.15, -0.1) is 0 Å². The number of amides is 1. The standard InChI is InChI=1S/C17H22N4O5S.C6H10N2OS.C3H8.C2H7N/c1-19-9-3-10-20(2)16(22)13-6-4-12(5-7-13)14-8-11-21(27(18,25)26)15(14)17(23)24;1-6-3-4-8(5-6)10(2,7)9;1-3-2;1-2-3/h4-8,11,19H,3,9-10H2,1-2H3,(H,23,24)(H2,18,25,26);3-5H,2H2,1H3,(H2,7,9);3H2,1-2H3;2-3H2,1H3. The number of rotatable bonds is 9. The Bertz CT molecular complexity index is 1490. The Morgan fingerprint density at radius 1 is 1.02 bits per heavy atom. The molecule has 43 heavy (non-hydrogen) atoms. The molecule has 0 aliphatic rings. The minimum atomic E-state index is -4.24. The third-order valence-electron chi connectivity index (χ3n) is 5.21. The quantitative estimate of drug-likeness (QED) is 0.172. The van der Waals surface area contributed by atoms with E-state index in [1.165, 1.54) is 16.5 Å². The first-order chi connectivity index (χ1) is 20.0. The van der Waals surface area contributed by atoms with E-state index in [2.05, 4.69) is 25.0 Å². The van der Waals surface area contributed by atoms with Gasteiger partial charge in [-0.3, -0.25) is 8.77 Å². The summed E-state index contributed by atoms with van der Waals surface area (Å²) in [6.07, 6.45) is 6.52. The summed E-state index contributed by atoms with van der Waals surface area (Å²) in [6, 6.07) is 9.48. The molecule has 0 radical (unpaired) electrons. The average molecular weight is 642 g/mol. The monoisotopic (exact) mass is 641 g/mol. The Balaban J connectivity index is 0.000000904. The van der Waals surface area contributed by atoms with Gasteiger partial charge in [0, 0.05) is 43.3 Å². The van der Waals surface area contributed by atoms with Gasteiger partial charge >= 0.3 is 16.2 Å². The van der Waals surface area contributed by atoms with Crippen LogP contribution in [0.1, 0.15) is 60.0 Å². The van der Waals surface area contributed by atoms with E-state index in [0.717, 1.165) is 31.3 Å². The summed E-state index contributed by atoms with van der Waals surface area (Å²) < 4.78 is 36.1. The van der Waals surface area contributed by atoms with Crippen LogP contribution in [0.15, 0.2) is 55.0 Å². The van der Waals surface area contributed by atoms with Crippen LogP contribution in [-0.4, -0.2) is 82.1 Å². The number of aromatic carboxylic acids is 1. The fourth-order valence-corrected chi connectivity index (χ4v) is 4.62. The Kier molecular flexibility index (Phi) is 17.4. The molecule has 2 heterocycles. The molecule has 0 saturated carbocycles. The van der Waals surface area contributed by atoms with Crippen molar-refractivity contribution in [3.8, 4) is 11.1 Å². The van der Waals surface area contributed by atoms with Crippen molar-refractivity contribution < 1.29 is 27.3 Å². The Morgan fingerprint density at radius 2 is 1.56 bits per heavy atom. The van der Waals surface area contributed by atoms with Crippen LogP contribution in [0.3, 0.4) is 0 Å². The minimum absolute atomic E-state index is 0.154. The van der Waals surface area contributed by atoms with Crippen LogP contribution in [0, 0.1) is 6.92 Å². The smallest absolute Gasteiger partial charge is 0.354 e. The lowest BCUT2D eigenvalue weighted by atomic mass is 10.0. The van der Waals surface area contributed by atoms with E-state index in [0.29, 0.717) is 21.6 Å². The lowest BCUT2D eigenvalue weighted by Gasteiger charge is -2.17. The van der Waals surface area contributed by atoms with E-state index in [1.54, 1.807) is 48.6 Å². The zero-order chi connectivity index (χ0) is 33.4. The summed E-state index contributed by atoms with van der Waals surface area (Å²) in [4.78, 5) is 25.5. The lowest BCUT2D eigenvalue weighted by Crippen LogP contribution is -2.29. The molecular formula is C28H47N7O6S2. The molecule has 0 aliphatic heterocycles. The molecule has 0 bridgehead atoms. The Morgan fingerprint density at radius 3 is 1.93 bits per heavy atom. The molecule has 0 spiro atoms. The van der Waals surface area contributed by atoms with E-state index in [4.69, 9.17) is 16.0 Å². The van der Waals surface area contributed by atoms with Gasteiger partial charge in [-0.25, -0.2) is 23.3 Å². The van der Waals surface area contributed by atoms with E-state index in [1.807, 2.05) is 27.0 Å². The van der Waals surface area contributed by atoms with Gasteiger partial charge in [0.2, 0.25) is 0 Å². The highest BCUT2D eigenvalue weighted by atomic mass is 32.2. The number of carboxylic acid groups (broad SMARTS) is 1. The number of nitrogens with zero attached hydrogens (tertiary/aromatic N) is 3. The van der Waals surface area contributed by atoms with Gasteiger partial charge in [0.05, 0.1) is 0 Å². The molecule has 0 saturated heterocycles. The Hall–Kier alpha value is -3.47. The predicted octanol–water partition coefficient (Wildman–Crippen LogP) is 2.12. The Labute approximate surface area is 256 Å². The molecule has 1 aromatic carbocycles. The molecule has 3 aromatic rings. The van der Waals surface area contributed by atoms with Crippen molar-refractivity contribution in [1.82, 2.24) is 18.2 Å². The molecule has 1 amide bonds. The zero-order valence-electron chi connectivity index (χ0n) is 25.8. The van der Waals surface area contributed by atoms with Crippen molar-refractivity contribution in [1.29, 1.82) is 0 Å². The maximum absolute atomic E-state index is 12.4. The molecule has 3 rings (SSSR count). The number of hydrogen-bond donors (Lipinski definition) is 5. The molecule has 13 nitrogen and oxygen atoms in total. The lowest BCUT2D eigenvalue weighted by molar-refractivity contribution is 0.0689. The predicted molar refractivity (Wildman–Crippen MR) is 176 cm³/mol. The summed E-state index contributed by atoms with van der Waals surface area (Å²) in [5.74, 6) is 1.75. The number of aromatic nitrogens is 2. The van der Waals surface area contributed by atoms with Crippen molar-refractivity contribution in [3.63, 3.8) is 0 Å². The fourth-order valence-electron chi connectivity index (χ4n) is 3.35. The van der Waals surface area contributed by atoms with E-state index >= 15 is 0 Å². The van der Waals surface area contributed by atoms with E-state index < -0.39 is 31.8 Å². The molecule has 0 fully saturated rings. The molecule has 0 aliphatic carbocycles. The third kappa shape index (κ3) is 13.6. The maximum Gasteiger partial charge on any atom is 0.354 e. The fraction of sp³-hybridized carbons (Fsp3) is 0.393. The summed E-state index contributed by atoms with van der Waals surface area (Å²) in [7, 11) is -3.25. The zero-order valence-corrected chi connectivity index (χ0v) is 27.5. The highest BCUT2D eigenvalue weighted by molar-refractivity contribution is 7.96. The van der Waals surface area contributed by atoms with Crippen LogP contribution in [0.4, 0.5) is 0 Å². The molecule has 8 N–H and O–H groups in total. The van der Waals surface area contributed by atoms with Gasteiger partial charge in [-0.1, -0.05) is 39.3 Å². The van der Waals surface area contributed by atoms with Crippen LogP contribution >= 0.6 is 0 Å². The van der Waals surface area contributed by atoms with Crippen molar-refractivity contribution in [3.05, 3.63) is 71.8 Å². The highest BCUT2D eigenvalue weighted by Crippen LogP contribution is 2.26. The van der Waals surface area contributed by atoms with Crippen LogP contribution in [0.5, 0.6) is 0 Å². The number of carboxylic acids is 1. The van der Waals surface area contributed by atoms with Gasteiger partial charge in [0.1, 0.15) is 9.89 Å². The molecular weight excluding hydrogens is 594 g/mol. The topological polar surface area (TPSA) is 209 Å². The van der Waals surface area contributed by atoms with Gasteiger partial charge in [-0.2, -0.15) is 8.42 Å². The first-order valence-electron chi connectivity index (χ1n) is 13.5. The van der Waals surface area contributed by atoms with Gasteiger partial charge < -0.3 is 21.1 Å². The van der Waals surface area contributed by atoms with Crippen LogP contribution in [0.2, 0.25) is 0 Å². The van der Waals surface area contributed by atoms with Gasteiger partial charge in [0.25, 0.3) is 5.91 Å². The summed E-state index contributed by atoms with van der Waals surface area (Å²) in [5, 5.41) is 22.7. The number of nitrogens with one attached hydrogen (secondary N) is 1. The third-order valence-corrected chi connectivity index (χ3v) is 7.00. The second-order valence-electron chi connectivity index (χ2n) is 9.34. The maximum atomic E-state index is 12.4. The van der Waals surface area contributed by atoms with E-state index in [-0.39, 0.29) is 11.5 Å².